The molecule has 0 aromatic rings. The molecule has 1 aliphatic carbocycles. The van der Waals surface area contributed by atoms with Crippen LogP contribution in [-0.2, 0) is 4.79 Å². The molecule has 1 atom stereocenters. The van der Waals surface area contributed by atoms with E-state index < -0.39 is 0 Å². The predicted octanol–water partition coefficient (Wildman–Crippen LogP) is 1.31. The van der Waals surface area contributed by atoms with E-state index in [1.54, 1.807) is 0 Å². The molecule has 0 aromatic carbocycles. The first-order chi connectivity index (χ1) is 5.80. The second-order valence-electron chi connectivity index (χ2n) is 4.24. The Bertz CT molecular complexity index is 182. The fraction of sp³-hybridized carbons (Fsp3) is 0.900. The zero-order valence-electron chi connectivity index (χ0n) is 7.75. The minimum atomic E-state index is 0.413. The highest BCUT2D eigenvalue weighted by Gasteiger charge is 2.54. The molecule has 2 heteroatoms. The molecule has 0 bridgehead atoms. The van der Waals surface area contributed by atoms with E-state index >= 15 is 0 Å². The minimum Gasteiger partial charge on any atom is -0.304 e. The Morgan fingerprint density at radius 3 is 2.58 bits per heavy atom. The molecule has 12 heavy (non-hydrogen) atoms. The molecule has 2 rings (SSSR count). The van der Waals surface area contributed by atoms with Gasteiger partial charge in [0, 0.05) is 5.92 Å². The van der Waals surface area contributed by atoms with Gasteiger partial charge in [0.2, 0.25) is 0 Å². The summed E-state index contributed by atoms with van der Waals surface area (Å²) in [5, 5.41) is 0. The SMILES string of the molecule is CCN1CCC2(CC1)CC2C=O. The molecule has 2 fully saturated rings. The Balaban J connectivity index is 1.87. The van der Waals surface area contributed by atoms with Gasteiger partial charge in [0.05, 0.1) is 0 Å². The van der Waals surface area contributed by atoms with Crippen molar-refractivity contribution in [3.63, 3.8) is 0 Å². The molecule has 1 aliphatic heterocycles. The summed E-state index contributed by atoms with van der Waals surface area (Å²) in [6.07, 6.45) is 4.85. The second-order valence-corrected chi connectivity index (χ2v) is 4.24. The van der Waals surface area contributed by atoms with Gasteiger partial charge in [-0.2, -0.15) is 0 Å². The maximum atomic E-state index is 10.6. The average molecular weight is 167 g/mol. The summed E-state index contributed by atoms with van der Waals surface area (Å²) in [5.41, 5.74) is 0.466. The van der Waals surface area contributed by atoms with E-state index in [-0.39, 0.29) is 0 Å². The van der Waals surface area contributed by atoms with E-state index in [9.17, 15) is 4.79 Å². The van der Waals surface area contributed by atoms with Gasteiger partial charge in [-0.3, -0.25) is 0 Å². The summed E-state index contributed by atoms with van der Waals surface area (Å²) in [6.45, 7) is 5.80. The fourth-order valence-electron chi connectivity index (χ4n) is 2.46. The van der Waals surface area contributed by atoms with Crippen LogP contribution in [0.15, 0.2) is 0 Å². The van der Waals surface area contributed by atoms with Crippen molar-refractivity contribution in [3.05, 3.63) is 0 Å². The Labute approximate surface area is 73.9 Å². The molecule has 0 amide bonds. The third kappa shape index (κ3) is 1.18. The minimum absolute atomic E-state index is 0.413. The van der Waals surface area contributed by atoms with Crippen LogP contribution < -0.4 is 0 Å². The molecule has 1 unspecified atom stereocenters. The van der Waals surface area contributed by atoms with Crippen LogP contribution in [0.4, 0.5) is 0 Å². The topological polar surface area (TPSA) is 20.3 Å². The van der Waals surface area contributed by atoms with Crippen molar-refractivity contribution >= 4 is 6.29 Å². The molecule has 0 radical (unpaired) electrons. The standard InChI is InChI=1S/C10H17NO/c1-2-11-5-3-10(4-6-11)7-9(10)8-12/h8-9H,2-7H2,1H3. The van der Waals surface area contributed by atoms with Gasteiger partial charge in [-0.15, -0.1) is 0 Å². The highest BCUT2D eigenvalue weighted by molar-refractivity contribution is 5.60. The van der Waals surface area contributed by atoms with Crippen LogP contribution in [0.5, 0.6) is 0 Å². The fourth-order valence-corrected chi connectivity index (χ4v) is 2.46. The third-order valence-electron chi connectivity index (χ3n) is 3.72. The van der Waals surface area contributed by atoms with Gasteiger partial charge >= 0.3 is 0 Å². The maximum Gasteiger partial charge on any atom is 0.123 e. The first kappa shape index (κ1) is 8.24. The molecule has 1 saturated carbocycles. The number of hydrogen-bond donors (Lipinski definition) is 0. The summed E-state index contributed by atoms with van der Waals surface area (Å²) in [7, 11) is 0. The van der Waals surface area contributed by atoms with Crippen LogP contribution in [-0.4, -0.2) is 30.8 Å². The summed E-state index contributed by atoms with van der Waals surface area (Å²) < 4.78 is 0. The van der Waals surface area contributed by atoms with Gasteiger partial charge in [0.15, 0.2) is 0 Å². The molecular formula is C10H17NO. The lowest BCUT2D eigenvalue weighted by molar-refractivity contribution is -0.109. The van der Waals surface area contributed by atoms with Crippen LogP contribution in [0.2, 0.25) is 0 Å². The molecule has 2 nitrogen and oxygen atoms in total. The molecule has 0 N–H and O–H groups in total. The molecule has 1 spiro atoms. The van der Waals surface area contributed by atoms with Gasteiger partial charge in [0.25, 0.3) is 0 Å². The Hall–Kier alpha value is -0.370. The number of carbonyl (C=O) groups is 1. The van der Waals surface area contributed by atoms with Gasteiger partial charge in [0.1, 0.15) is 6.29 Å². The summed E-state index contributed by atoms with van der Waals surface area (Å²) in [4.78, 5) is 13.1. The van der Waals surface area contributed by atoms with Crippen molar-refractivity contribution < 1.29 is 4.79 Å². The van der Waals surface area contributed by atoms with E-state index in [1.807, 2.05) is 0 Å². The van der Waals surface area contributed by atoms with Crippen LogP contribution >= 0.6 is 0 Å². The smallest absolute Gasteiger partial charge is 0.123 e. The quantitative estimate of drug-likeness (QED) is 0.578. The van der Waals surface area contributed by atoms with E-state index in [1.165, 1.54) is 45.2 Å². The number of hydrogen-bond acceptors (Lipinski definition) is 2. The van der Waals surface area contributed by atoms with Crippen molar-refractivity contribution in [1.82, 2.24) is 4.90 Å². The van der Waals surface area contributed by atoms with E-state index in [2.05, 4.69) is 11.8 Å². The molecule has 1 saturated heterocycles. The van der Waals surface area contributed by atoms with Gasteiger partial charge in [-0.25, -0.2) is 0 Å². The van der Waals surface area contributed by atoms with Crippen molar-refractivity contribution in [2.45, 2.75) is 26.2 Å². The third-order valence-corrected chi connectivity index (χ3v) is 3.72. The molecule has 1 heterocycles. The average Bonchev–Trinajstić information content (AvgIpc) is 2.81. The summed E-state index contributed by atoms with van der Waals surface area (Å²) >= 11 is 0. The molecule has 2 aliphatic rings. The van der Waals surface area contributed by atoms with Crippen LogP contribution in [0.3, 0.4) is 0 Å². The lowest BCUT2D eigenvalue weighted by Gasteiger charge is -2.31. The van der Waals surface area contributed by atoms with E-state index in [0.717, 1.165) is 0 Å². The number of rotatable bonds is 2. The van der Waals surface area contributed by atoms with Crippen LogP contribution in [0.1, 0.15) is 26.2 Å². The van der Waals surface area contributed by atoms with E-state index in [0.29, 0.717) is 11.3 Å². The maximum absolute atomic E-state index is 10.6. The van der Waals surface area contributed by atoms with Crippen molar-refractivity contribution in [3.8, 4) is 0 Å². The predicted molar refractivity (Wildman–Crippen MR) is 48.0 cm³/mol. The lowest BCUT2D eigenvalue weighted by Crippen LogP contribution is -2.34. The number of carbonyl (C=O) groups excluding carboxylic acids is 1. The zero-order valence-corrected chi connectivity index (χ0v) is 7.75. The van der Waals surface area contributed by atoms with Crippen molar-refractivity contribution in [1.29, 1.82) is 0 Å². The number of likely N-dealkylation sites (tertiary alicyclic amines) is 1. The molecule has 68 valence electrons. The highest BCUT2D eigenvalue weighted by Crippen LogP contribution is 2.58. The Morgan fingerprint density at radius 1 is 1.50 bits per heavy atom. The Kier molecular flexibility index (Phi) is 1.95. The van der Waals surface area contributed by atoms with Gasteiger partial charge in [-0.05, 0) is 44.3 Å². The number of nitrogens with zero attached hydrogens (tertiary/aromatic N) is 1. The summed E-state index contributed by atoms with van der Waals surface area (Å²) in [5.74, 6) is 0.413. The normalized spacial score (nSPS) is 33.6. The van der Waals surface area contributed by atoms with Crippen molar-refractivity contribution in [2.75, 3.05) is 19.6 Å². The van der Waals surface area contributed by atoms with Gasteiger partial charge < -0.3 is 9.69 Å². The first-order valence-corrected chi connectivity index (χ1v) is 4.98. The summed E-state index contributed by atoms with van der Waals surface area (Å²) in [6, 6.07) is 0. The Morgan fingerprint density at radius 2 is 2.17 bits per heavy atom. The molecule has 0 aromatic heterocycles. The van der Waals surface area contributed by atoms with Gasteiger partial charge in [-0.1, -0.05) is 6.92 Å². The van der Waals surface area contributed by atoms with Crippen molar-refractivity contribution in [2.24, 2.45) is 11.3 Å². The monoisotopic (exact) mass is 167 g/mol. The first-order valence-electron chi connectivity index (χ1n) is 4.98. The van der Waals surface area contributed by atoms with Crippen LogP contribution in [0.25, 0.3) is 0 Å². The van der Waals surface area contributed by atoms with E-state index in [4.69, 9.17) is 0 Å². The number of aldehydes is 1. The largest absolute Gasteiger partial charge is 0.304 e. The lowest BCUT2D eigenvalue weighted by atomic mass is 9.91. The van der Waals surface area contributed by atoms with Crippen LogP contribution in [0, 0.1) is 11.3 Å². The number of piperidine rings is 1. The second kappa shape index (κ2) is 2.84. The highest BCUT2D eigenvalue weighted by atomic mass is 16.1. The zero-order chi connectivity index (χ0) is 8.60. The molecular weight excluding hydrogens is 150 g/mol.